The number of carbonyl (C=O) groups excluding carboxylic acids is 1. The Bertz CT molecular complexity index is 252. The molecule has 0 aliphatic carbocycles. The van der Waals surface area contributed by atoms with Crippen molar-refractivity contribution in [1.29, 1.82) is 0 Å². The molecule has 19 heavy (non-hydrogen) atoms. The number of amides is 1. The second-order valence-corrected chi connectivity index (χ2v) is 6.15. The van der Waals surface area contributed by atoms with Crippen LogP contribution in [0.2, 0.25) is 0 Å². The highest BCUT2D eigenvalue weighted by molar-refractivity contribution is 5.82. The lowest BCUT2D eigenvalue weighted by atomic mass is 9.81. The van der Waals surface area contributed by atoms with Crippen molar-refractivity contribution in [3.63, 3.8) is 0 Å². The lowest BCUT2D eigenvalue weighted by molar-refractivity contribution is -0.131. The predicted octanol–water partition coefficient (Wildman–Crippen LogP) is 1.84. The van der Waals surface area contributed by atoms with Gasteiger partial charge in [-0.3, -0.25) is 4.79 Å². The number of nitrogens with two attached hydrogens (primary N) is 1. The summed E-state index contributed by atoms with van der Waals surface area (Å²) in [4.78, 5) is 14.5. The smallest absolute Gasteiger partial charge is 0.227 e. The van der Waals surface area contributed by atoms with Crippen LogP contribution in [0.15, 0.2) is 0 Å². The van der Waals surface area contributed by atoms with E-state index in [0.29, 0.717) is 25.0 Å². The van der Waals surface area contributed by atoms with E-state index in [-0.39, 0.29) is 5.91 Å². The Kier molecular flexibility index (Phi) is 8.26. The van der Waals surface area contributed by atoms with Gasteiger partial charge < -0.3 is 16.0 Å². The van der Waals surface area contributed by atoms with Gasteiger partial charge in [-0.2, -0.15) is 0 Å². The van der Waals surface area contributed by atoms with Crippen molar-refractivity contribution in [3.05, 3.63) is 0 Å². The molecule has 0 fully saturated rings. The first-order valence-electron chi connectivity index (χ1n) is 7.47. The second kappa shape index (κ2) is 8.54. The van der Waals surface area contributed by atoms with E-state index in [4.69, 9.17) is 5.73 Å². The summed E-state index contributed by atoms with van der Waals surface area (Å²) >= 11 is 0. The molecule has 0 aliphatic heterocycles. The van der Waals surface area contributed by atoms with E-state index in [1.807, 2.05) is 13.8 Å². The Morgan fingerprint density at radius 3 is 2.11 bits per heavy atom. The Hall–Kier alpha value is -0.610. The van der Waals surface area contributed by atoms with E-state index >= 15 is 0 Å². The standard InChI is InChI=1S/C15H33N3O/c1-7-15(8-2,11-16)14(19)17-10-13(18(5)6)9-12(3)4/h12-13H,7-11,16H2,1-6H3,(H,17,19). The Morgan fingerprint density at radius 1 is 1.26 bits per heavy atom. The van der Waals surface area contributed by atoms with Crippen molar-refractivity contribution in [1.82, 2.24) is 10.2 Å². The minimum atomic E-state index is -0.394. The van der Waals surface area contributed by atoms with Gasteiger partial charge in [0.15, 0.2) is 0 Å². The minimum Gasteiger partial charge on any atom is -0.354 e. The molecule has 0 aromatic carbocycles. The fraction of sp³-hybridized carbons (Fsp3) is 0.933. The van der Waals surface area contributed by atoms with E-state index in [1.165, 1.54) is 0 Å². The van der Waals surface area contributed by atoms with Crippen LogP contribution in [0.5, 0.6) is 0 Å². The van der Waals surface area contributed by atoms with Crippen molar-refractivity contribution in [2.45, 2.75) is 53.0 Å². The molecule has 0 heterocycles. The number of nitrogens with zero attached hydrogens (tertiary/aromatic N) is 1. The number of hydrogen-bond donors (Lipinski definition) is 2. The van der Waals surface area contributed by atoms with E-state index in [1.54, 1.807) is 0 Å². The first kappa shape index (κ1) is 18.4. The van der Waals surface area contributed by atoms with Crippen LogP contribution < -0.4 is 11.1 Å². The first-order valence-corrected chi connectivity index (χ1v) is 7.47. The van der Waals surface area contributed by atoms with Crippen LogP contribution in [0.25, 0.3) is 0 Å². The Labute approximate surface area is 119 Å². The van der Waals surface area contributed by atoms with Gasteiger partial charge in [0.05, 0.1) is 5.41 Å². The molecule has 3 N–H and O–H groups in total. The Morgan fingerprint density at radius 2 is 1.79 bits per heavy atom. The molecule has 1 amide bonds. The highest BCUT2D eigenvalue weighted by atomic mass is 16.2. The van der Waals surface area contributed by atoms with Crippen molar-refractivity contribution >= 4 is 5.91 Å². The molecule has 0 saturated heterocycles. The molecule has 0 aromatic rings. The van der Waals surface area contributed by atoms with Crippen LogP contribution in [-0.2, 0) is 4.79 Å². The SMILES string of the molecule is CCC(CC)(CN)C(=O)NCC(CC(C)C)N(C)C. The summed E-state index contributed by atoms with van der Waals surface area (Å²) in [5, 5.41) is 3.10. The lowest BCUT2D eigenvalue weighted by Crippen LogP contribution is -2.49. The summed E-state index contributed by atoms with van der Waals surface area (Å²) in [6.07, 6.45) is 2.67. The number of hydrogen-bond acceptors (Lipinski definition) is 3. The highest BCUT2D eigenvalue weighted by Crippen LogP contribution is 2.25. The van der Waals surface area contributed by atoms with Crippen molar-refractivity contribution < 1.29 is 4.79 Å². The number of likely N-dealkylation sites (N-methyl/N-ethyl adjacent to an activating group) is 1. The summed E-state index contributed by atoms with van der Waals surface area (Å²) in [5.74, 6) is 0.733. The fourth-order valence-corrected chi connectivity index (χ4v) is 2.37. The number of carbonyl (C=O) groups is 1. The topological polar surface area (TPSA) is 58.4 Å². The zero-order valence-electron chi connectivity index (χ0n) is 13.6. The van der Waals surface area contributed by atoms with E-state index in [0.717, 1.165) is 19.3 Å². The zero-order chi connectivity index (χ0) is 15.1. The second-order valence-electron chi connectivity index (χ2n) is 6.15. The van der Waals surface area contributed by atoms with E-state index in [2.05, 4.69) is 38.2 Å². The maximum absolute atomic E-state index is 12.4. The van der Waals surface area contributed by atoms with Gasteiger partial charge in [0.2, 0.25) is 5.91 Å². The van der Waals surface area contributed by atoms with Gasteiger partial charge >= 0.3 is 0 Å². The van der Waals surface area contributed by atoms with Crippen LogP contribution in [0.4, 0.5) is 0 Å². The molecular formula is C15H33N3O. The maximum Gasteiger partial charge on any atom is 0.227 e. The van der Waals surface area contributed by atoms with Crippen molar-refractivity contribution in [2.24, 2.45) is 17.1 Å². The summed E-state index contributed by atoms with van der Waals surface area (Å²) in [6.45, 7) is 9.61. The maximum atomic E-state index is 12.4. The molecule has 114 valence electrons. The molecule has 0 rings (SSSR count). The molecule has 0 spiro atoms. The van der Waals surface area contributed by atoms with E-state index < -0.39 is 5.41 Å². The average Bonchev–Trinajstić information content (AvgIpc) is 2.36. The number of nitrogens with one attached hydrogen (secondary N) is 1. The molecule has 0 aromatic heterocycles. The molecular weight excluding hydrogens is 238 g/mol. The largest absolute Gasteiger partial charge is 0.354 e. The van der Waals surface area contributed by atoms with Crippen LogP contribution in [0.3, 0.4) is 0 Å². The summed E-state index contributed by atoms with van der Waals surface area (Å²) in [6, 6.07) is 0.383. The highest BCUT2D eigenvalue weighted by Gasteiger charge is 2.33. The third kappa shape index (κ3) is 5.49. The monoisotopic (exact) mass is 271 g/mol. The van der Waals surface area contributed by atoms with Crippen LogP contribution in [0.1, 0.15) is 47.0 Å². The summed E-state index contributed by atoms with van der Waals surface area (Å²) < 4.78 is 0. The molecule has 4 nitrogen and oxygen atoms in total. The molecule has 0 bridgehead atoms. The summed E-state index contributed by atoms with van der Waals surface area (Å²) in [5.41, 5.74) is 5.41. The van der Waals surface area contributed by atoms with Gasteiger partial charge in [-0.05, 0) is 39.3 Å². The van der Waals surface area contributed by atoms with Crippen LogP contribution in [0, 0.1) is 11.3 Å². The summed E-state index contributed by atoms with van der Waals surface area (Å²) in [7, 11) is 4.13. The molecule has 1 atom stereocenters. The van der Waals surface area contributed by atoms with Gasteiger partial charge in [-0.15, -0.1) is 0 Å². The molecule has 0 radical (unpaired) electrons. The van der Waals surface area contributed by atoms with Gasteiger partial charge in [0, 0.05) is 19.1 Å². The predicted molar refractivity (Wildman–Crippen MR) is 82.0 cm³/mol. The van der Waals surface area contributed by atoms with Gasteiger partial charge in [0.1, 0.15) is 0 Å². The minimum absolute atomic E-state index is 0.107. The third-order valence-corrected chi connectivity index (χ3v) is 4.20. The third-order valence-electron chi connectivity index (χ3n) is 4.20. The Balaban J connectivity index is 4.54. The van der Waals surface area contributed by atoms with Crippen LogP contribution >= 0.6 is 0 Å². The fourth-order valence-electron chi connectivity index (χ4n) is 2.37. The average molecular weight is 271 g/mol. The van der Waals surface area contributed by atoms with Gasteiger partial charge in [0.25, 0.3) is 0 Å². The lowest BCUT2D eigenvalue weighted by Gasteiger charge is -2.31. The number of rotatable bonds is 9. The zero-order valence-corrected chi connectivity index (χ0v) is 13.6. The first-order chi connectivity index (χ1) is 8.82. The molecule has 0 aliphatic rings. The normalized spacial score (nSPS) is 13.9. The molecule has 1 unspecified atom stereocenters. The van der Waals surface area contributed by atoms with Crippen LogP contribution in [-0.4, -0.2) is 44.0 Å². The molecule has 0 saturated carbocycles. The van der Waals surface area contributed by atoms with Gasteiger partial charge in [-0.25, -0.2) is 0 Å². The molecule has 4 heteroatoms. The quantitative estimate of drug-likeness (QED) is 0.673. The van der Waals surface area contributed by atoms with Crippen molar-refractivity contribution in [2.75, 3.05) is 27.2 Å². The van der Waals surface area contributed by atoms with Crippen molar-refractivity contribution in [3.8, 4) is 0 Å². The van der Waals surface area contributed by atoms with E-state index in [9.17, 15) is 4.79 Å². The van der Waals surface area contributed by atoms with Gasteiger partial charge in [-0.1, -0.05) is 27.7 Å².